The molecular weight excluding hydrogens is 158 g/mol. The van der Waals surface area contributed by atoms with Crippen LogP contribution in [0.1, 0.15) is 47.0 Å². The third-order valence-corrected chi connectivity index (χ3v) is 2.39. The molecule has 0 aromatic heterocycles. The summed E-state index contributed by atoms with van der Waals surface area (Å²) >= 11 is 0. The summed E-state index contributed by atoms with van der Waals surface area (Å²) in [6.45, 7) is 12.6. The third-order valence-electron chi connectivity index (χ3n) is 2.39. The van der Waals surface area contributed by atoms with Crippen LogP contribution in [0.5, 0.6) is 0 Å². The summed E-state index contributed by atoms with van der Waals surface area (Å²) < 4.78 is 0. The van der Waals surface area contributed by atoms with Crippen LogP contribution >= 0.6 is 0 Å². The lowest BCUT2D eigenvalue weighted by atomic mass is 10.2. The van der Waals surface area contributed by atoms with Crippen molar-refractivity contribution < 1.29 is 0 Å². The van der Waals surface area contributed by atoms with Crippen LogP contribution < -0.4 is 0 Å². The van der Waals surface area contributed by atoms with Gasteiger partial charge in [0, 0.05) is 6.54 Å². The molecule has 13 heavy (non-hydrogen) atoms. The quantitative estimate of drug-likeness (QED) is 0.546. The molecule has 0 aliphatic heterocycles. The summed E-state index contributed by atoms with van der Waals surface area (Å²) in [7, 11) is 0. The van der Waals surface area contributed by atoms with Crippen LogP contribution in [0.25, 0.3) is 0 Å². The Morgan fingerprint density at radius 1 is 1.08 bits per heavy atom. The van der Waals surface area contributed by atoms with E-state index in [0.29, 0.717) is 0 Å². The molecule has 78 valence electrons. The molecule has 0 N–H and O–H groups in total. The Morgan fingerprint density at radius 2 is 1.62 bits per heavy atom. The molecular formula is C12H25N. The largest absolute Gasteiger partial charge is 0.303 e. The van der Waals surface area contributed by atoms with Gasteiger partial charge in [-0.2, -0.15) is 0 Å². The van der Waals surface area contributed by atoms with Crippen molar-refractivity contribution in [3.05, 3.63) is 11.6 Å². The fraction of sp³-hybridized carbons (Fsp3) is 0.833. The summed E-state index contributed by atoms with van der Waals surface area (Å²) in [5.74, 6) is 0. The second-order valence-corrected chi connectivity index (χ2v) is 3.73. The average Bonchev–Trinajstić information content (AvgIpc) is 2.14. The van der Waals surface area contributed by atoms with Gasteiger partial charge >= 0.3 is 0 Å². The monoisotopic (exact) mass is 183 g/mol. The first kappa shape index (κ1) is 12.7. The molecule has 0 fully saturated rings. The van der Waals surface area contributed by atoms with Gasteiger partial charge in [-0.25, -0.2) is 0 Å². The second-order valence-electron chi connectivity index (χ2n) is 3.73. The highest BCUT2D eigenvalue weighted by molar-refractivity contribution is 4.95. The van der Waals surface area contributed by atoms with E-state index in [2.05, 4.69) is 38.7 Å². The van der Waals surface area contributed by atoms with Crippen molar-refractivity contribution in [2.45, 2.75) is 47.0 Å². The summed E-state index contributed by atoms with van der Waals surface area (Å²) in [6.07, 6.45) is 6.00. The van der Waals surface area contributed by atoms with E-state index >= 15 is 0 Å². The van der Waals surface area contributed by atoms with Crippen molar-refractivity contribution in [1.29, 1.82) is 0 Å². The van der Waals surface area contributed by atoms with Gasteiger partial charge in [0.25, 0.3) is 0 Å². The molecule has 0 aliphatic rings. The third kappa shape index (κ3) is 6.83. The summed E-state index contributed by atoms with van der Waals surface area (Å²) in [5, 5.41) is 0. The molecule has 0 spiro atoms. The highest BCUT2D eigenvalue weighted by atomic mass is 15.1. The molecule has 0 saturated carbocycles. The van der Waals surface area contributed by atoms with Gasteiger partial charge in [0.1, 0.15) is 0 Å². The zero-order chi connectivity index (χ0) is 10.1. The Bertz CT molecular complexity index is 132. The lowest BCUT2D eigenvalue weighted by molar-refractivity contribution is 0.278. The molecule has 0 heterocycles. The maximum atomic E-state index is 2.56. The molecule has 0 atom stereocenters. The lowest BCUT2D eigenvalue weighted by Gasteiger charge is -2.20. The number of nitrogens with zero attached hydrogens (tertiary/aromatic N) is 1. The fourth-order valence-corrected chi connectivity index (χ4v) is 1.45. The summed E-state index contributed by atoms with van der Waals surface area (Å²) in [6, 6.07) is 0. The van der Waals surface area contributed by atoms with E-state index in [9.17, 15) is 0 Å². The van der Waals surface area contributed by atoms with E-state index < -0.39 is 0 Å². The molecule has 0 aromatic rings. The fourth-order valence-electron chi connectivity index (χ4n) is 1.45. The van der Waals surface area contributed by atoms with Crippen molar-refractivity contribution in [3.8, 4) is 0 Å². The Labute approximate surface area is 83.8 Å². The van der Waals surface area contributed by atoms with Crippen molar-refractivity contribution in [1.82, 2.24) is 4.90 Å². The van der Waals surface area contributed by atoms with E-state index in [1.807, 2.05) is 0 Å². The molecule has 0 saturated heterocycles. The van der Waals surface area contributed by atoms with Crippen LogP contribution in [0.2, 0.25) is 0 Å². The number of hydrogen-bond donors (Lipinski definition) is 0. The predicted molar refractivity (Wildman–Crippen MR) is 61.1 cm³/mol. The Kier molecular flexibility index (Phi) is 8.11. The van der Waals surface area contributed by atoms with E-state index in [-0.39, 0.29) is 0 Å². The van der Waals surface area contributed by atoms with Gasteiger partial charge in [0.15, 0.2) is 0 Å². The summed E-state index contributed by atoms with van der Waals surface area (Å²) in [5.41, 5.74) is 1.51. The van der Waals surface area contributed by atoms with Crippen LogP contribution in [0, 0.1) is 0 Å². The van der Waals surface area contributed by atoms with Crippen molar-refractivity contribution in [3.63, 3.8) is 0 Å². The van der Waals surface area contributed by atoms with Gasteiger partial charge in [0.2, 0.25) is 0 Å². The summed E-state index contributed by atoms with van der Waals surface area (Å²) in [4.78, 5) is 2.56. The number of allylic oxidation sites excluding steroid dienone is 1. The Morgan fingerprint density at radius 3 is 2.00 bits per heavy atom. The highest BCUT2D eigenvalue weighted by Crippen LogP contribution is 2.03. The molecule has 0 unspecified atom stereocenters. The first-order valence-electron chi connectivity index (χ1n) is 5.58. The van der Waals surface area contributed by atoms with E-state index in [4.69, 9.17) is 0 Å². The molecule has 1 nitrogen and oxygen atoms in total. The van der Waals surface area contributed by atoms with E-state index in [1.54, 1.807) is 0 Å². The minimum Gasteiger partial charge on any atom is -0.303 e. The van der Waals surface area contributed by atoms with Crippen LogP contribution in [0.15, 0.2) is 11.6 Å². The van der Waals surface area contributed by atoms with E-state index in [1.165, 1.54) is 44.5 Å². The van der Waals surface area contributed by atoms with Gasteiger partial charge in [-0.3, -0.25) is 0 Å². The van der Waals surface area contributed by atoms with Gasteiger partial charge in [-0.05, 0) is 46.2 Å². The van der Waals surface area contributed by atoms with Crippen molar-refractivity contribution in [2.24, 2.45) is 0 Å². The standard InChI is InChI=1S/C12H25N/c1-5-9-13(10-6-2)11-8-12(4)7-3/h7H,5-6,8-11H2,1-4H3. The lowest BCUT2D eigenvalue weighted by Crippen LogP contribution is -2.26. The average molecular weight is 183 g/mol. The van der Waals surface area contributed by atoms with Crippen LogP contribution in [-0.4, -0.2) is 24.5 Å². The first-order chi connectivity index (χ1) is 6.24. The van der Waals surface area contributed by atoms with E-state index in [0.717, 1.165) is 0 Å². The zero-order valence-electron chi connectivity index (χ0n) is 9.77. The highest BCUT2D eigenvalue weighted by Gasteiger charge is 2.01. The molecule has 0 aliphatic carbocycles. The maximum absolute atomic E-state index is 2.56. The molecule has 1 heteroatoms. The predicted octanol–water partition coefficient (Wildman–Crippen LogP) is 3.46. The molecule has 0 aromatic carbocycles. The van der Waals surface area contributed by atoms with Gasteiger partial charge in [-0.1, -0.05) is 25.5 Å². The molecule has 0 radical (unpaired) electrons. The smallest absolute Gasteiger partial charge is 0.00185 e. The maximum Gasteiger partial charge on any atom is 0.00185 e. The molecule has 0 rings (SSSR count). The first-order valence-corrected chi connectivity index (χ1v) is 5.58. The van der Waals surface area contributed by atoms with Crippen molar-refractivity contribution in [2.75, 3.05) is 19.6 Å². The molecule has 0 bridgehead atoms. The van der Waals surface area contributed by atoms with Gasteiger partial charge in [0.05, 0.1) is 0 Å². The Hall–Kier alpha value is -0.300. The second kappa shape index (κ2) is 8.31. The SMILES string of the molecule is CC=C(C)CCN(CCC)CCC. The van der Waals surface area contributed by atoms with Crippen molar-refractivity contribution >= 4 is 0 Å². The topological polar surface area (TPSA) is 3.24 Å². The van der Waals surface area contributed by atoms with Gasteiger partial charge in [-0.15, -0.1) is 0 Å². The van der Waals surface area contributed by atoms with Crippen LogP contribution in [0.3, 0.4) is 0 Å². The Balaban J connectivity index is 3.67. The van der Waals surface area contributed by atoms with Gasteiger partial charge < -0.3 is 4.90 Å². The minimum atomic E-state index is 1.23. The zero-order valence-corrected chi connectivity index (χ0v) is 9.77. The molecule has 0 amide bonds. The number of rotatable bonds is 7. The minimum absolute atomic E-state index is 1.23. The number of hydrogen-bond acceptors (Lipinski definition) is 1. The van der Waals surface area contributed by atoms with Crippen LogP contribution in [0.4, 0.5) is 0 Å². The van der Waals surface area contributed by atoms with Crippen LogP contribution in [-0.2, 0) is 0 Å². The normalized spacial score (nSPS) is 12.5.